The van der Waals surface area contributed by atoms with Crippen LogP contribution in [0.3, 0.4) is 0 Å². The van der Waals surface area contributed by atoms with Gasteiger partial charge in [0.1, 0.15) is 29.8 Å². The first-order valence-corrected chi connectivity index (χ1v) is 8.61. The number of imide groups is 1. The number of amides is 2. The SMILES string of the molecule is C=CCOC(=O)c1ccc(-c2ccc(/C=C3\C(=O)NC(=O)C(C#N)=C3C)o2)cc1. The molecule has 2 amide bonds. The molecule has 0 fully saturated rings. The van der Waals surface area contributed by atoms with Crippen LogP contribution >= 0.6 is 0 Å². The summed E-state index contributed by atoms with van der Waals surface area (Å²) < 4.78 is 10.7. The first kappa shape index (κ1) is 19.6. The van der Waals surface area contributed by atoms with Crippen molar-refractivity contribution in [3.8, 4) is 17.4 Å². The highest BCUT2D eigenvalue weighted by atomic mass is 16.5. The van der Waals surface area contributed by atoms with Gasteiger partial charge in [0, 0.05) is 11.1 Å². The zero-order valence-corrected chi connectivity index (χ0v) is 15.5. The van der Waals surface area contributed by atoms with Crippen molar-refractivity contribution in [1.29, 1.82) is 5.26 Å². The van der Waals surface area contributed by atoms with Crippen molar-refractivity contribution in [2.45, 2.75) is 6.92 Å². The van der Waals surface area contributed by atoms with Crippen molar-refractivity contribution in [1.82, 2.24) is 5.32 Å². The van der Waals surface area contributed by atoms with Gasteiger partial charge in [-0.2, -0.15) is 5.26 Å². The van der Waals surface area contributed by atoms with Crippen molar-refractivity contribution < 1.29 is 23.5 Å². The van der Waals surface area contributed by atoms with Crippen LogP contribution in [-0.4, -0.2) is 24.4 Å². The van der Waals surface area contributed by atoms with Gasteiger partial charge in [-0.1, -0.05) is 24.8 Å². The third-order valence-electron chi connectivity index (χ3n) is 4.24. The van der Waals surface area contributed by atoms with Crippen LogP contribution in [0.1, 0.15) is 23.0 Å². The first-order chi connectivity index (χ1) is 13.9. The molecule has 2 aromatic rings. The van der Waals surface area contributed by atoms with Gasteiger partial charge in [-0.05, 0) is 42.8 Å². The summed E-state index contributed by atoms with van der Waals surface area (Å²) in [7, 11) is 0. The van der Waals surface area contributed by atoms with Gasteiger partial charge in [-0.25, -0.2) is 4.79 Å². The van der Waals surface area contributed by atoms with E-state index in [9.17, 15) is 14.4 Å². The second-order valence-corrected chi connectivity index (χ2v) is 6.12. The van der Waals surface area contributed by atoms with Gasteiger partial charge in [-0.15, -0.1) is 0 Å². The van der Waals surface area contributed by atoms with Crippen molar-refractivity contribution in [3.63, 3.8) is 0 Å². The van der Waals surface area contributed by atoms with E-state index in [4.69, 9.17) is 14.4 Å². The van der Waals surface area contributed by atoms with E-state index in [0.717, 1.165) is 5.56 Å². The number of esters is 1. The third kappa shape index (κ3) is 4.06. The van der Waals surface area contributed by atoms with Gasteiger partial charge in [0.15, 0.2) is 0 Å². The van der Waals surface area contributed by atoms with Gasteiger partial charge < -0.3 is 9.15 Å². The molecule has 0 atom stereocenters. The Kier molecular flexibility index (Phi) is 5.56. The Hall–Kier alpha value is -4.18. The number of benzene rings is 1. The fourth-order valence-corrected chi connectivity index (χ4v) is 2.73. The van der Waals surface area contributed by atoms with Gasteiger partial charge >= 0.3 is 5.97 Å². The molecule has 29 heavy (non-hydrogen) atoms. The quantitative estimate of drug-likeness (QED) is 0.365. The normalized spacial score (nSPS) is 15.1. The van der Waals surface area contributed by atoms with Gasteiger partial charge in [-0.3, -0.25) is 14.9 Å². The number of nitriles is 1. The molecule has 1 aliphatic rings. The predicted octanol–water partition coefficient (Wildman–Crippen LogP) is 3.17. The maximum absolute atomic E-state index is 12.1. The molecule has 0 saturated heterocycles. The monoisotopic (exact) mass is 388 g/mol. The summed E-state index contributed by atoms with van der Waals surface area (Å²) in [4.78, 5) is 35.6. The van der Waals surface area contributed by atoms with E-state index in [0.29, 0.717) is 22.7 Å². The summed E-state index contributed by atoms with van der Waals surface area (Å²) in [6.45, 7) is 5.16. The van der Waals surface area contributed by atoms with E-state index < -0.39 is 17.8 Å². The number of furan rings is 1. The average molecular weight is 388 g/mol. The fraction of sp³-hybridized carbons (Fsp3) is 0.0909. The van der Waals surface area contributed by atoms with Crippen molar-refractivity contribution in [2.75, 3.05) is 6.61 Å². The minimum atomic E-state index is -0.709. The summed E-state index contributed by atoms with van der Waals surface area (Å²) in [6.07, 6.45) is 2.96. The molecule has 0 radical (unpaired) electrons. The van der Waals surface area contributed by atoms with Gasteiger partial charge in [0.25, 0.3) is 11.8 Å². The van der Waals surface area contributed by atoms with Crippen LogP contribution in [0, 0.1) is 11.3 Å². The van der Waals surface area contributed by atoms with Crippen molar-refractivity contribution >= 4 is 23.9 Å². The first-order valence-electron chi connectivity index (χ1n) is 8.61. The molecular formula is C22H16N2O5. The molecule has 0 bridgehead atoms. The van der Waals surface area contributed by atoms with Crippen LogP contribution in [0.4, 0.5) is 0 Å². The summed E-state index contributed by atoms with van der Waals surface area (Å²) in [5.74, 6) is -0.844. The van der Waals surface area contributed by atoms with E-state index in [-0.39, 0.29) is 17.8 Å². The molecular weight excluding hydrogens is 372 g/mol. The van der Waals surface area contributed by atoms with Crippen molar-refractivity contribution in [2.24, 2.45) is 0 Å². The molecule has 3 rings (SSSR count). The number of rotatable bonds is 5. The Bertz CT molecular complexity index is 1110. The minimum absolute atomic E-state index is 0.110. The van der Waals surface area contributed by atoms with Crippen LogP contribution in [0.2, 0.25) is 0 Å². The zero-order valence-electron chi connectivity index (χ0n) is 15.5. The Morgan fingerprint density at radius 1 is 1.21 bits per heavy atom. The molecule has 1 aromatic carbocycles. The number of hydrogen-bond donors (Lipinski definition) is 1. The van der Waals surface area contributed by atoms with Crippen molar-refractivity contribution in [3.05, 3.63) is 77.1 Å². The number of carbonyl (C=O) groups is 3. The number of ether oxygens (including phenoxy) is 1. The lowest BCUT2D eigenvalue weighted by molar-refractivity contribution is -0.126. The summed E-state index contributed by atoms with van der Waals surface area (Å²) in [5, 5.41) is 11.2. The minimum Gasteiger partial charge on any atom is -0.458 e. The second kappa shape index (κ2) is 8.23. The number of hydrogen-bond acceptors (Lipinski definition) is 6. The van der Waals surface area contributed by atoms with E-state index >= 15 is 0 Å². The van der Waals surface area contributed by atoms with E-state index in [1.165, 1.54) is 19.1 Å². The predicted molar refractivity (Wildman–Crippen MR) is 104 cm³/mol. The summed E-state index contributed by atoms with van der Waals surface area (Å²) in [5.41, 5.74) is 1.49. The van der Waals surface area contributed by atoms with E-state index in [2.05, 4.69) is 11.9 Å². The van der Waals surface area contributed by atoms with Crippen LogP contribution in [0.25, 0.3) is 17.4 Å². The second-order valence-electron chi connectivity index (χ2n) is 6.12. The number of nitrogens with one attached hydrogen (secondary N) is 1. The molecule has 1 aliphatic heterocycles. The maximum Gasteiger partial charge on any atom is 0.338 e. The highest BCUT2D eigenvalue weighted by Gasteiger charge is 2.27. The third-order valence-corrected chi connectivity index (χ3v) is 4.24. The molecule has 0 saturated carbocycles. The number of carbonyl (C=O) groups excluding carboxylic acids is 3. The molecule has 0 aliphatic carbocycles. The Morgan fingerprint density at radius 3 is 2.59 bits per heavy atom. The lowest BCUT2D eigenvalue weighted by Crippen LogP contribution is -2.37. The molecule has 2 heterocycles. The van der Waals surface area contributed by atoms with E-state index in [1.807, 2.05) is 0 Å². The number of nitrogens with zero attached hydrogens (tertiary/aromatic N) is 1. The lowest BCUT2D eigenvalue weighted by atomic mass is 9.96. The topological polar surface area (TPSA) is 109 Å². The Balaban J connectivity index is 1.85. The van der Waals surface area contributed by atoms with Crippen LogP contribution in [-0.2, 0) is 14.3 Å². The molecule has 0 unspecified atom stereocenters. The molecule has 144 valence electrons. The highest BCUT2D eigenvalue weighted by Crippen LogP contribution is 2.27. The van der Waals surface area contributed by atoms with Gasteiger partial charge in [0.2, 0.25) is 0 Å². The zero-order chi connectivity index (χ0) is 21.0. The summed E-state index contributed by atoms with van der Waals surface area (Å²) in [6, 6.07) is 11.8. The lowest BCUT2D eigenvalue weighted by Gasteiger charge is -2.15. The Labute approximate surface area is 166 Å². The van der Waals surface area contributed by atoms with Crippen LogP contribution < -0.4 is 5.32 Å². The summed E-state index contributed by atoms with van der Waals surface area (Å²) >= 11 is 0. The van der Waals surface area contributed by atoms with Crippen LogP contribution in [0.15, 0.2) is 70.2 Å². The maximum atomic E-state index is 12.1. The highest BCUT2D eigenvalue weighted by molar-refractivity contribution is 6.19. The standard InChI is InChI=1S/C22H16N2O5/c1-3-10-28-22(27)15-6-4-14(5-7-15)19-9-8-16(29-19)11-17-13(2)18(12-23)21(26)24-20(17)25/h3-9,11H,1,10H2,2H3,(H,24,25,26)/b17-11-. The Morgan fingerprint density at radius 2 is 1.93 bits per heavy atom. The van der Waals surface area contributed by atoms with E-state index in [1.54, 1.807) is 42.5 Å². The molecule has 7 nitrogen and oxygen atoms in total. The molecule has 1 N–H and O–H groups in total. The van der Waals surface area contributed by atoms with Gasteiger partial charge in [0.05, 0.1) is 5.56 Å². The molecule has 1 aromatic heterocycles. The largest absolute Gasteiger partial charge is 0.458 e. The molecule has 7 heteroatoms. The smallest absolute Gasteiger partial charge is 0.338 e. The van der Waals surface area contributed by atoms with Crippen LogP contribution in [0.5, 0.6) is 0 Å². The molecule has 0 spiro atoms. The fourth-order valence-electron chi connectivity index (χ4n) is 2.73. The average Bonchev–Trinajstić information content (AvgIpc) is 3.18.